The van der Waals surface area contributed by atoms with Gasteiger partial charge in [0.1, 0.15) is 0 Å². The zero-order valence-electron chi connectivity index (χ0n) is 40.6. The van der Waals surface area contributed by atoms with Crippen LogP contribution >= 0.6 is 7.60 Å². The summed E-state index contributed by atoms with van der Waals surface area (Å²) >= 11 is 0. The molecule has 7 aromatic carbocycles. The lowest BCUT2D eigenvalue weighted by Gasteiger charge is -2.35. The molecule has 0 fully saturated rings. The van der Waals surface area contributed by atoms with Gasteiger partial charge in [0.25, 0.3) is 23.6 Å². The van der Waals surface area contributed by atoms with Gasteiger partial charge >= 0.3 is 7.60 Å². The molecule has 0 atom stereocenters. The summed E-state index contributed by atoms with van der Waals surface area (Å²) in [6, 6.07) is 24.5. The van der Waals surface area contributed by atoms with Crippen molar-refractivity contribution in [3.8, 4) is 0 Å². The van der Waals surface area contributed by atoms with Crippen LogP contribution in [-0.4, -0.2) is 36.8 Å². The third-order valence-corrected chi connectivity index (χ3v) is 15.6. The first-order valence-electron chi connectivity index (χ1n) is 23.0. The maximum Gasteiger partial charge on any atom is 0.361 e. The molecule has 0 radical (unpaired) electrons. The van der Waals surface area contributed by atoms with Crippen LogP contribution in [0.15, 0.2) is 78.9 Å². The molecule has 66 heavy (non-hydrogen) atoms. The van der Waals surface area contributed by atoms with Gasteiger partial charge in [-0.25, -0.2) is 9.80 Å². The smallest absolute Gasteiger partial charge is 0.305 e. The third-order valence-electron chi connectivity index (χ3n) is 13.4. The van der Waals surface area contributed by atoms with Crippen molar-refractivity contribution in [1.82, 2.24) is 0 Å². The fourth-order valence-electron chi connectivity index (χ4n) is 10.2. The van der Waals surface area contributed by atoms with E-state index in [2.05, 4.69) is 95.2 Å². The molecule has 340 valence electrons. The van der Waals surface area contributed by atoms with Gasteiger partial charge in [-0.15, -0.1) is 0 Å². The lowest BCUT2D eigenvalue weighted by molar-refractivity contribution is 0.0877. The minimum atomic E-state index is -4.19. The first-order valence-corrected chi connectivity index (χ1v) is 24.5. The highest BCUT2D eigenvalue weighted by atomic mass is 31.2. The van der Waals surface area contributed by atoms with Gasteiger partial charge < -0.3 is 9.05 Å². The van der Waals surface area contributed by atoms with Crippen molar-refractivity contribution >= 4 is 91.0 Å². The van der Waals surface area contributed by atoms with Crippen LogP contribution in [0.3, 0.4) is 0 Å². The monoisotopic (exact) mass is 902 g/mol. The molecule has 2 aliphatic heterocycles. The summed E-state index contributed by atoms with van der Waals surface area (Å²) in [7, 11) is -4.19. The molecule has 0 bridgehead atoms. The van der Waals surface area contributed by atoms with E-state index in [9.17, 15) is 0 Å². The Morgan fingerprint density at radius 1 is 0.424 bits per heavy atom. The molecule has 0 spiro atoms. The number of hydrogen-bond acceptors (Lipinski definition) is 7. The van der Waals surface area contributed by atoms with Crippen LogP contribution in [0, 0.1) is 0 Å². The molecular weight excluding hydrogens is 844 g/mol. The maximum atomic E-state index is 15.4. The van der Waals surface area contributed by atoms with Crippen LogP contribution in [0.2, 0.25) is 0 Å². The van der Waals surface area contributed by atoms with Gasteiger partial charge in [0.2, 0.25) is 0 Å². The van der Waals surface area contributed by atoms with Crippen molar-refractivity contribution in [2.24, 2.45) is 0 Å². The SMILES string of the molecule is CCOP(=O)(OCC)c1cc2c3c(ccc4c5ccc6c7c(ccc(c1c34)c75)C(=O)N(c1cc(C(C)(C)C)ccc1C(C)(C)C)C6=O)C(=O)N(c1cc(C(C)(C)C)ccc1C(C)(C)C)C2=O. The highest BCUT2D eigenvalue weighted by molar-refractivity contribution is 7.62. The van der Waals surface area contributed by atoms with Crippen LogP contribution in [-0.2, 0) is 35.3 Å². The predicted octanol–water partition coefficient (Wildman–Crippen LogP) is 13.4. The molecule has 0 saturated carbocycles. The predicted molar refractivity (Wildman–Crippen MR) is 268 cm³/mol. The molecule has 0 unspecified atom stereocenters. The Morgan fingerprint density at radius 2 is 0.803 bits per heavy atom. The largest absolute Gasteiger partial charge is 0.361 e. The first kappa shape index (κ1) is 45.4. The Bertz CT molecular complexity index is 3300. The van der Waals surface area contributed by atoms with E-state index in [1.54, 1.807) is 38.1 Å². The van der Waals surface area contributed by atoms with E-state index in [1.165, 1.54) is 9.80 Å². The lowest BCUT2D eigenvalue weighted by Crippen LogP contribution is -2.42. The van der Waals surface area contributed by atoms with Crippen molar-refractivity contribution in [3.63, 3.8) is 0 Å². The average Bonchev–Trinajstić information content (AvgIpc) is 3.22. The molecule has 9 nitrogen and oxygen atoms in total. The Labute approximate surface area is 387 Å². The van der Waals surface area contributed by atoms with Gasteiger partial charge in [-0.3, -0.25) is 23.7 Å². The summed E-state index contributed by atoms with van der Waals surface area (Å²) < 4.78 is 27.6. The van der Waals surface area contributed by atoms with Crippen LogP contribution in [0.5, 0.6) is 0 Å². The molecule has 4 amide bonds. The van der Waals surface area contributed by atoms with Gasteiger partial charge in [0.05, 0.1) is 29.9 Å². The van der Waals surface area contributed by atoms with Gasteiger partial charge in [-0.05, 0) is 121 Å². The Morgan fingerprint density at radius 3 is 1.20 bits per heavy atom. The minimum absolute atomic E-state index is 0.0466. The fourth-order valence-corrected chi connectivity index (χ4v) is 12.0. The van der Waals surface area contributed by atoms with E-state index in [0.717, 1.165) is 22.3 Å². The summed E-state index contributed by atoms with van der Waals surface area (Å²) in [6.45, 7) is 28.5. The molecule has 0 aromatic heterocycles. The summed E-state index contributed by atoms with van der Waals surface area (Å²) in [5.74, 6) is -1.91. The Hall–Kier alpha value is -5.73. The number of fused-ring (bicyclic) bond motifs is 2. The third kappa shape index (κ3) is 6.67. The van der Waals surface area contributed by atoms with Gasteiger partial charge in [0.15, 0.2) is 0 Å². The average molecular weight is 903 g/mol. The zero-order valence-corrected chi connectivity index (χ0v) is 41.5. The summed E-state index contributed by atoms with van der Waals surface area (Å²) in [5, 5.41) is 4.72. The number of hydrogen-bond donors (Lipinski definition) is 0. The standard InChI is InChI=1S/C56H59N2O7P/c1-15-64-66(63,65-16-2)43-29-38-46-37(51(61)58(52(38)62)42-28-31(54(6,7)8)18-26-40(42)56(12,13)14)23-20-33-32-19-22-35-45-36(24-21-34(44(32)45)47(43)48(33)46)50(60)57(49(35)59)41-27-30(53(3,4)5)17-25-39(41)55(9,10)11/h17-29H,15-16H2,1-14H3. The second-order valence-corrected chi connectivity index (χ2v) is 24.0. The van der Waals surface area contributed by atoms with Crippen molar-refractivity contribution in [3.05, 3.63) is 123 Å². The summed E-state index contributed by atoms with van der Waals surface area (Å²) in [4.78, 5) is 63.3. The van der Waals surface area contributed by atoms with E-state index >= 15 is 23.7 Å². The number of benzene rings is 7. The molecule has 0 N–H and O–H groups in total. The van der Waals surface area contributed by atoms with Crippen LogP contribution in [0.1, 0.15) is 161 Å². The highest BCUT2D eigenvalue weighted by Gasteiger charge is 2.43. The van der Waals surface area contributed by atoms with Crippen LogP contribution < -0.4 is 15.1 Å². The van der Waals surface area contributed by atoms with E-state index in [4.69, 9.17) is 9.05 Å². The quantitative estimate of drug-likeness (QED) is 0.0678. The number of imide groups is 2. The maximum absolute atomic E-state index is 15.4. The zero-order chi connectivity index (χ0) is 48.0. The fraction of sp³-hybridized carbons (Fsp3) is 0.357. The molecule has 2 aliphatic rings. The molecule has 2 heterocycles. The van der Waals surface area contributed by atoms with Crippen molar-refractivity contribution in [2.45, 2.75) is 119 Å². The number of amides is 4. The number of nitrogens with zero attached hydrogens (tertiary/aromatic N) is 2. The molecule has 0 saturated heterocycles. The number of rotatable bonds is 7. The lowest BCUT2D eigenvalue weighted by atomic mass is 9.79. The molecule has 7 aromatic rings. The molecule has 0 aliphatic carbocycles. The van der Waals surface area contributed by atoms with Crippen molar-refractivity contribution in [1.29, 1.82) is 0 Å². The number of carbonyl (C=O) groups is 4. The normalized spacial score (nSPS) is 15.2. The summed E-state index contributed by atoms with van der Waals surface area (Å²) in [6.07, 6.45) is 0. The van der Waals surface area contributed by atoms with E-state index in [1.807, 2.05) is 42.5 Å². The first-order chi connectivity index (χ1) is 30.7. The highest BCUT2D eigenvalue weighted by Crippen LogP contribution is 2.54. The second-order valence-electron chi connectivity index (χ2n) is 22.0. The van der Waals surface area contributed by atoms with Crippen molar-refractivity contribution < 1.29 is 32.8 Å². The summed E-state index contributed by atoms with van der Waals surface area (Å²) in [5.41, 5.74) is 4.56. The number of anilines is 2. The second kappa shape index (κ2) is 14.9. The number of carbonyl (C=O) groups excluding carboxylic acids is 4. The topological polar surface area (TPSA) is 110 Å². The Kier molecular flexibility index (Phi) is 10.2. The molecule has 9 rings (SSSR count). The molecular formula is C56H59N2O7P. The van der Waals surface area contributed by atoms with Crippen LogP contribution in [0.25, 0.3) is 43.1 Å². The van der Waals surface area contributed by atoms with Gasteiger partial charge in [0, 0.05) is 38.4 Å². The van der Waals surface area contributed by atoms with E-state index < -0.39 is 42.1 Å². The van der Waals surface area contributed by atoms with Gasteiger partial charge in [-0.1, -0.05) is 126 Å². The Balaban J connectivity index is 1.36. The van der Waals surface area contributed by atoms with E-state index in [-0.39, 0.29) is 34.9 Å². The van der Waals surface area contributed by atoms with Gasteiger partial charge in [-0.2, -0.15) is 0 Å². The minimum Gasteiger partial charge on any atom is -0.305 e. The molecule has 10 heteroatoms. The van der Waals surface area contributed by atoms with E-state index in [0.29, 0.717) is 71.2 Å². The van der Waals surface area contributed by atoms with Crippen LogP contribution in [0.4, 0.5) is 11.4 Å². The van der Waals surface area contributed by atoms with Crippen molar-refractivity contribution in [2.75, 3.05) is 23.0 Å².